The van der Waals surface area contributed by atoms with E-state index in [4.69, 9.17) is 0 Å². The SMILES string of the molecule is O=C=C1C(C=O)=CC=CN1Cc1ccc(F)c(F)c1. The molecule has 5 heteroatoms. The summed E-state index contributed by atoms with van der Waals surface area (Å²) in [5.41, 5.74) is 0.741. The van der Waals surface area contributed by atoms with Gasteiger partial charge in [-0.25, -0.2) is 13.6 Å². The van der Waals surface area contributed by atoms with Gasteiger partial charge in [0.25, 0.3) is 0 Å². The maximum Gasteiger partial charge on any atom is 0.159 e. The lowest BCUT2D eigenvalue weighted by molar-refractivity contribution is -0.104. The molecule has 0 spiro atoms. The summed E-state index contributed by atoms with van der Waals surface area (Å²) < 4.78 is 25.9. The molecule has 1 aliphatic rings. The zero-order valence-electron chi connectivity index (χ0n) is 9.77. The van der Waals surface area contributed by atoms with E-state index in [1.54, 1.807) is 18.2 Å². The zero-order chi connectivity index (χ0) is 13.8. The minimum absolute atomic E-state index is 0.0715. The molecule has 0 unspecified atom stereocenters. The minimum Gasteiger partial charge on any atom is -0.334 e. The van der Waals surface area contributed by atoms with E-state index < -0.39 is 11.6 Å². The first-order chi connectivity index (χ1) is 9.15. The Morgan fingerprint density at radius 1 is 1.26 bits per heavy atom. The van der Waals surface area contributed by atoms with E-state index in [0.717, 1.165) is 12.1 Å². The molecule has 0 saturated carbocycles. The number of halogens is 2. The van der Waals surface area contributed by atoms with Gasteiger partial charge in [-0.3, -0.25) is 4.79 Å². The number of allylic oxidation sites excluding steroid dienone is 3. The van der Waals surface area contributed by atoms with Gasteiger partial charge in [0.05, 0.1) is 0 Å². The van der Waals surface area contributed by atoms with E-state index in [9.17, 15) is 18.4 Å². The first-order valence-corrected chi connectivity index (χ1v) is 5.45. The largest absolute Gasteiger partial charge is 0.334 e. The standard InChI is InChI=1S/C14H9F2NO2/c15-12-4-3-10(6-13(12)16)7-17-5-1-2-11(8-18)14(17)9-19/h1-6,8H,7H2. The molecule has 2 rings (SSSR count). The molecule has 0 saturated heterocycles. The Morgan fingerprint density at radius 2 is 2.05 bits per heavy atom. The van der Waals surface area contributed by atoms with Crippen molar-refractivity contribution in [2.45, 2.75) is 6.54 Å². The normalized spacial score (nSPS) is 14.1. The average Bonchev–Trinajstić information content (AvgIpc) is 2.42. The molecule has 1 heterocycles. The van der Waals surface area contributed by atoms with Crippen LogP contribution in [-0.2, 0) is 16.1 Å². The molecule has 0 aromatic heterocycles. The van der Waals surface area contributed by atoms with Crippen LogP contribution in [0.2, 0.25) is 0 Å². The summed E-state index contributed by atoms with van der Waals surface area (Å²) >= 11 is 0. The van der Waals surface area contributed by atoms with Gasteiger partial charge in [-0.2, -0.15) is 0 Å². The molecule has 1 aromatic carbocycles. The topological polar surface area (TPSA) is 37.4 Å². The molecular weight excluding hydrogens is 252 g/mol. The van der Waals surface area contributed by atoms with E-state index in [-0.39, 0.29) is 17.8 Å². The highest BCUT2D eigenvalue weighted by molar-refractivity contribution is 5.86. The lowest BCUT2D eigenvalue weighted by atomic mass is 10.1. The maximum absolute atomic E-state index is 13.1. The van der Waals surface area contributed by atoms with Crippen LogP contribution < -0.4 is 0 Å². The fourth-order valence-electron chi connectivity index (χ4n) is 1.75. The molecule has 1 aliphatic heterocycles. The average molecular weight is 261 g/mol. The van der Waals surface area contributed by atoms with Crippen LogP contribution in [0.4, 0.5) is 8.78 Å². The number of aldehydes is 1. The van der Waals surface area contributed by atoms with Crippen LogP contribution in [0.15, 0.2) is 47.8 Å². The van der Waals surface area contributed by atoms with Crippen molar-refractivity contribution in [3.63, 3.8) is 0 Å². The van der Waals surface area contributed by atoms with Gasteiger partial charge in [0.2, 0.25) is 0 Å². The summed E-state index contributed by atoms with van der Waals surface area (Å²) in [6.45, 7) is 0.142. The highest BCUT2D eigenvalue weighted by Gasteiger charge is 2.16. The molecule has 1 aromatic rings. The van der Waals surface area contributed by atoms with E-state index in [2.05, 4.69) is 0 Å². The van der Waals surface area contributed by atoms with Crippen LogP contribution in [0.3, 0.4) is 0 Å². The Labute approximate surface area is 108 Å². The van der Waals surface area contributed by atoms with Crippen molar-refractivity contribution in [1.29, 1.82) is 0 Å². The van der Waals surface area contributed by atoms with Gasteiger partial charge >= 0.3 is 0 Å². The minimum atomic E-state index is -0.957. The highest BCUT2D eigenvalue weighted by Crippen LogP contribution is 2.20. The third-order valence-corrected chi connectivity index (χ3v) is 2.66. The Kier molecular flexibility index (Phi) is 3.68. The lowest BCUT2D eigenvalue weighted by Crippen LogP contribution is -2.21. The molecule has 0 N–H and O–H groups in total. The number of hydrogen-bond acceptors (Lipinski definition) is 3. The summed E-state index contributed by atoms with van der Waals surface area (Å²) in [6, 6.07) is 3.47. The number of hydrogen-bond donors (Lipinski definition) is 0. The van der Waals surface area contributed by atoms with Crippen molar-refractivity contribution in [2.75, 3.05) is 0 Å². The first-order valence-electron chi connectivity index (χ1n) is 5.45. The predicted octanol–water partition coefficient (Wildman–Crippen LogP) is 2.13. The van der Waals surface area contributed by atoms with Crippen molar-refractivity contribution in [2.24, 2.45) is 0 Å². The van der Waals surface area contributed by atoms with Gasteiger partial charge in [-0.1, -0.05) is 6.07 Å². The molecular formula is C14H9F2NO2. The van der Waals surface area contributed by atoms with Crippen molar-refractivity contribution < 1.29 is 18.4 Å². The summed E-state index contributed by atoms with van der Waals surface area (Å²) in [5.74, 6) is -0.215. The van der Waals surface area contributed by atoms with Crippen LogP contribution in [0.25, 0.3) is 0 Å². The lowest BCUT2D eigenvalue weighted by Gasteiger charge is -2.23. The van der Waals surface area contributed by atoms with Crippen LogP contribution in [-0.4, -0.2) is 17.1 Å². The van der Waals surface area contributed by atoms with Crippen LogP contribution in [0, 0.1) is 11.6 Å². The van der Waals surface area contributed by atoms with Gasteiger partial charge < -0.3 is 4.90 Å². The number of rotatable bonds is 3. The van der Waals surface area contributed by atoms with Gasteiger partial charge in [0.15, 0.2) is 23.9 Å². The van der Waals surface area contributed by atoms with Crippen molar-refractivity contribution in [1.82, 2.24) is 4.90 Å². The van der Waals surface area contributed by atoms with E-state index in [1.807, 2.05) is 0 Å². The Morgan fingerprint density at radius 3 is 2.68 bits per heavy atom. The van der Waals surface area contributed by atoms with Crippen molar-refractivity contribution >= 4 is 12.2 Å². The molecule has 0 aliphatic carbocycles. The number of nitrogens with zero attached hydrogens (tertiary/aromatic N) is 1. The second-order valence-electron chi connectivity index (χ2n) is 3.91. The monoisotopic (exact) mass is 261 g/mol. The van der Waals surface area contributed by atoms with E-state index in [1.165, 1.54) is 17.0 Å². The van der Waals surface area contributed by atoms with Gasteiger partial charge in [0.1, 0.15) is 5.70 Å². The maximum atomic E-state index is 13.1. The molecule has 19 heavy (non-hydrogen) atoms. The number of benzene rings is 1. The second kappa shape index (κ2) is 5.42. The van der Waals surface area contributed by atoms with Gasteiger partial charge in [-0.05, 0) is 29.8 Å². The fourth-order valence-corrected chi connectivity index (χ4v) is 1.75. The smallest absolute Gasteiger partial charge is 0.159 e. The van der Waals surface area contributed by atoms with Crippen LogP contribution in [0.1, 0.15) is 5.56 Å². The molecule has 0 bridgehead atoms. The molecule has 0 amide bonds. The molecule has 0 atom stereocenters. The van der Waals surface area contributed by atoms with E-state index >= 15 is 0 Å². The predicted molar refractivity (Wildman–Crippen MR) is 64.4 cm³/mol. The fraction of sp³-hybridized carbons (Fsp3) is 0.0714. The zero-order valence-corrected chi connectivity index (χ0v) is 9.77. The summed E-state index contributed by atoms with van der Waals surface area (Å²) in [4.78, 5) is 23.1. The summed E-state index contributed by atoms with van der Waals surface area (Å²) in [7, 11) is 0. The molecule has 0 fully saturated rings. The number of carbonyl (C=O) groups is 1. The molecule has 96 valence electrons. The number of carbonyl (C=O) groups excluding carboxylic acids is 2. The van der Waals surface area contributed by atoms with Crippen molar-refractivity contribution in [3.8, 4) is 0 Å². The van der Waals surface area contributed by atoms with Crippen LogP contribution >= 0.6 is 0 Å². The summed E-state index contributed by atoms with van der Waals surface area (Å²) in [6.07, 6.45) is 5.18. The third-order valence-electron chi connectivity index (χ3n) is 2.66. The van der Waals surface area contributed by atoms with Gasteiger partial charge in [-0.15, -0.1) is 0 Å². The highest BCUT2D eigenvalue weighted by atomic mass is 19.2. The van der Waals surface area contributed by atoms with E-state index in [0.29, 0.717) is 11.8 Å². The molecule has 3 nitrogen and oxygen atoms in total. The second-order valence-corrected chi connectivity index (χ2v) is 3.91. The first kappa shape index (κ1) is 12.9. The quantitative estimate of drug-likeness (QED) is 0.618. The Hall–Kier alpha value is -2.52. The van der Waals surface area contributed by atoms with Gasteiger partial charge in [0, 0.05) is 18.3 Å². The van der Waals surface area contributed by atoms with Crippen molar-refractivity contribution in [3.05, 3.63) is 65.0 Å². The Balaban J connectivity index is 2.26. The van der Waals surface area contributed by atoms with Crippen LogP contribution in [0.5, 0.6) is 0 Å². The summed E-state index contributed by atoms with van der Waals surface area (Å²) in [5, 5.41) is 0. The third kappa shape index (κ3) is 2.67. The molecule has 0 radical (unpaired) electrons. The Bertz CT molecular complexity index is 628.